The molecule has 0 unspecified atom stereocenters. The number of urea groups is 1. The lowest BCUT2D eigenvalue weighted by Crippen LogP contribution is -2.69. The summed E-state index contributed by atoms with van der Waals surface area (Å²) in [5.41, 5.74) is -3.15. The number of amides is 4. The Kier molecular flexibility index (Phi) is 4.95. The van der Waals surface area contributed by atoms with Crippen molar-refractivity contribution in [3.05, 3.63) is 59.7 Å². The number of anilines is 1. The molecule has 152 valence electrons. The van der Waals surface area contributed by atoms with Crippen LogP contribution in [-0.2, 0) is 4.79 Å². The van der Waals surface area contributed by atoms with Crippen molar-refractivity contribution >= 4 is 23.5 Å². The highest BCUT2D eigenvalue weighted by atomic mass is 19.4. The third-order valence-electron chi connectivity index (χ3n) is 4.36. The molecule has 2 N–H and O–H groups in total. The van der Waals surface area contributed by atoms with E-state index in [0.717, 1.165) is 0 Å². The molecule has 2 aromatic rings. The van der Waals surface area contributed by atoms with E-state index in [0.29, 0.717) is 16.2 Å². The maximum atomic E-state index is 13.9. The number of nitrogens with zero attached hydrogens (tertiary/aromatic N) is 1. The van der Waals surface area contributed by atoms with Gasteiger partial charge in [-0.3, -0.25) is 14.9 Å². The largest absolute Gasteiger partial charge is 0.497 e. The van der Waals surface area contributed by atoms with E-state index in [-0.39, 0.29) is 11.3 Å². The Morgan fingerprint density at radius 1 is 1.14 bits per heavy atom. The average molecular weight is 407 g/mol. The number of aryl methyl sites for hydroxylation is 1. The van der Waals surface area contributed by atoms with Crippen LogP contribution in [-0.4, -0.2) is 36.8 Å². The summed E-state index contributed by atoms with van der Waals surface area (Å²) in [6.45, 7) is 1.66. The smallest absolute Gasteiger partial charge is 0.440 e. The number of hydrogen-bond donors (Lipinski definition) is 2. The van der Waals surface area contributed by atoms with Gasteiger partial charge in [0.25, 0.3) is 17.5 Å². The first-order valence-corrected chi connectivity index (χ1v) is 8.36. The van der Waals surface area contributed by atoms with E-state index in [4.69, 9.17) is 4.74 Å². The molecule has 10 heteroatoms. The predicted molar refractivity (Wildman–Crippen MR) is 96.4 cm³/mol. The molecule has 0 aromatic heterocycles. The van der Waals surface area contributed by atoms with Crippen LogP contribution in [0.25, 0.3) is 0 Å². The third-order valence-corrected chi connectivity index (χ3v) is 4.36. The SMILES string of the molecule is COc1ccc(C(=O)N[C@@]2(C(F)(F)F)NC(=O)N(c3cccc(C)c3)C2=O)cc1. The van der Waals surface area contributed by atoms with Crippen LogP contribution in [0.5, 0.6) is 5.75 Å². The van der Waals surface area contributed by atoms with Gasteiger partial charge in [0, 0.05) is 5.56 Å². The Labute approximate surface area is 163 Å². The molecule has 2 aromatic carbocycles. The van der Waals surface area contributed by atoms with Gasteiger partial charge in [0.15, 0.2) is 0 Å². The molecule has 3 rings (SSSR count). The summed E-state index contributed by atoms with van der Waals surface area (Å²) in [5, 5.41) is 3.26. The molecule has 1 heterocycles. The van der Waals surface area contributed by atoms with Crippen molar-refractivity contribution in [3.63, 3.8) is 0 Å². The van der Waals surface area contributed by atoms with Crippen LogP contribution < -0.4 is 20.3 Å². The van der Waals surface area contributed by atoms with Crippen LogP contribution in [0.4, 0.5) is 23.7 Å². The van der Waals surface area contributed by atoms with Crippen molar-refractivity contribution in [1.82, 2.24) is 10.6 Å². The Bertz CT molecular complexity index is 975. The van der Waals surface area contributed by atoms with Gasteiger partial charge < -0.3 is 10.1 Å². The number of nitrogens with one attached hydrogen (secondary N) is 2. The number of carbonyl (C=O) groups excluding carboxylic acids is 3. The predicted octanol–water partition coefficient (Wildman–Crippen LogP) is 2.75. The van der Waals surface area contributed by atoms with E-state index in [1.54, 1.807) is 23.6 Å². The van der Waals surface area contributed by atoms with Gasteiger partial charge in [0.05, 0.1) is 12.8 Å². The first-order chi connectivity index (χ1) is 13.6. The maximum Gasteiger partial charge on any atom is 0.440 e. The number of hydrogen-bond acceptors (Lipinski definition) is 4. The third kappa shape index (κ3) is 3.48. The summed E-state index contributed by atoms with van der Waals surface area (Å²) >= 11 is 0. The molecule has 1 saturated heterocycles. The number of rotatable bonds is 4. The molecule has 1 aliphatic heterocycles. The number of ether oxygens (including phenoxy) is 1. The molecule has 1 atom stereocenters. The van der Waals surface area contributed by atoms with Crippen molar-refractivity contribution in [2.75, 3.05) is 12.0 Å². The van der Waals surface area contributed by atoms with Crippen LogP contribution in [0.1, 0.15) is 15.9 Å². The van der Waals surface area contributed by atoms with E-state index >= 15 is 0 Å². The number of benzene rings is 2. The second kappa shape index (κ2) is 7.12. The van der Waals surface area contributed by atoms with Crippen molar-refractivity contribution in [2.45, 2.75) is 18.8 Å². The standard InChI is InChI=1S/C19H16F3N3O4/c1-11-4-3-5-13(10-11)25-16(27)18(19(20,21)22,24-17(25)28)23-15(26)12-6-8-14(29-2)9-7-12/h3-10H,1-2H3,(H,23,26)(H,24,28)/t18-/m1/s1. The van der Waals surface area contributed by atoms with Gasteiger partial charge in [-0.05, 0) is 48.9 Å². The van der Waals surface area contributed by atoms with Crippen molar-refractivity contribution in [2.24, 2.45) is 0 Å². The van der Waals surface area contributed by atoms with Gasteiger partial charge in [0.2, 0.25) is 0 Å². The minimum Gasteiger partial charge on any atom is -0.497 e. The molecule has 0 bridgehead atoms. The summed E-state index contributed by atoms with van der Waals surface area (Å²) in [4.78, 5) is 37.8. The highest BCUT2D eigenvalue weighted by Gasteiger charge is 2.69. The van der Waals surface area contributed by atoms with Gasteiger partial charge in [0.1, 0.15) is 5.75 Å². The lowest BCUT2D eigenvalue weighted by Gasteiger charge is -2.29. The summed E-state index contributed by atoms with van der Waals surface area (Å²) in [6.07, 6.45) is -5.29. The minimum absolute atomic E-state index is 0.0441. The number of carbonyl (C=O) groups is 3. The highest BCUT2D eigenvalue weighted by molar-refractivity contribution is 6.24. The number of imide groups is 1. The van der Waals surface area contributed by atoms with E-state index in [9.17, 15) is 27.6 Å². The van der Waals surface area contributed by atoms with Crippen molar-refractivity contribution in [1.29, 1.82) is 0 Å². The summed E-state index contributed by atoms with van der Waals surface area (Å²) in [5.74, 6) is -2.45. The molecule has 4 amide bonds. The first kappa shape index (κ1) is 20.2. The van der Waals surface area contributed by atoms with E-state index in [2.05, 4.69) is 0 Å². The summed E-state index contributed by atoms with van der Waals surface area (Å²) in [6, 6.07) is 9.78. The molecule has 7 nitrogen and oxygen atoms in total. The second-order valence-electron chi connectivity index (χ2n) is 6.34. The normalized spacial score (nSPS) is 19.1. The van der Waals surface area contributed by atoms with Crippen LogP contribution >= 0.6 is 0 Å². The Balaban J connectivity index is 1.98. The Morgan fingerprint density at radius 2 is 1.79 bits per heavy atom. The number of halogens is 3. The van der Waals surface area contributed by atoms with Crippen LogP contribution in [0.15, 0.2) is 48.5 Å². The van der Waals surface area contributed by atoms with Crippen LogP contribution in [0.2, 0.25) is 0 Å². The monoisotopic (exact) mass is 407 g/mol. The topological polar surface area (TPSA) is 87.7 Å². The lowest BCUT2D eigenvalue weighted by atomic mass is 10.1. The fourth-order valence-corrected chi connectivity index (χ4v) is 2.86. The summed E-state index contributed by atoms with van der Waals surface area (Å²) < 4.78 is 46.6. The average Bonchev–Trinajstić information content (AvgIpc) is 2.92. The van der Waals surface area contributed by atoms with E-state index < -0.39 is 29.7 Å². The van der Waals surface area contributed by atoms with Gasteiger partial charge in [-0.25, -0.2) is 9.69 Å². The highest BCUT2D eigenvalue weighted by Crippen LogP contribution is 2.36. The van der Waals surface area contributed by atoms with E-state index in [1.165, 1.54) is 49.6 Å². The van der Waals surface area contributed by atoms with E-state index in [1.807, 2.05) is 0 Å². The van der Waals surface area contributed by atoms with Crippen LogP contribution in [0.3, 0.4) is 0 Å². The van der Waals surface area contributed by atoms with Crippen molar-refractivity contribution in [3.8, 4) is 5.75 Å². The Hall–Kier alpha value is -3.56. The molecule has 29 heavy (non-hydrogen) atoms. The first-order valence-electron chi connectivity index (χ1n) is 8.36. The van der Waals surface area contributed by atoms with Gasteiger partial charge in [-0.15, -0.1) is 0 Å². The van der Waals surface area contributed by atoms with Gasteiger partial charge in [-0.2, -0.15) is 13.2 Å². The zero-order valence-electron chi connectivity index (χ0n) is 15.3. The number of methoxy groups -OCH3 is 1. The van der Waals surface area contributed by atoms with Gasteiger partial charge in [-0.1, -0.05) is 12.1 Å². The summed E-state index contributed by atoms with van der Waals surface area (Å²) in [7, 11) is 1.39. The molecule has 0 saturated carbocycles. The lowest BCUT2D eigenvalue weighted by molar-refractivity contribution is -0.197. The Morgan fingerprint density at radius 3 is 2.34 bits per heavy atom. The molecular weight excluding hydrogens is 391 g/mol. The van der Waals surface area contributed by atoms with Crippen LogP contribution in [0, 0.1) is 6.92 Å². The fraction of sp³-hybridized carbons (Fsp3) is 0.211. The quantitative estimate of drug-likeness (QED) is 0.763. The second-order valence-corrected chi connectivity index (χ2v) is 6.34. The molecular formula is C19H16F3N3O4. The fourth-order valence-electron chi connectivity index (χ4n) is 2.86. The zero-order chi connectivity index (χ0) is 21.4. The zero-order valence-corrected chi connectivity index (χ0v) is 15.3. The maximum absolute atomic E-state index is 13.9. The molecule has 0 aliphatic carbocycles. The molecule has 0 radical (unpaired) electrons. The molecule has 0 spiro atoms. The number of alkyl halides is 3. The molecule has 1 aliphatic rings. The van der Waals surface area contributed by atoms with Gasteiger partial charge >= 0.3 is 12.2 Å². The minimum atomic E-state index is -5.29. The van der Waals surface area contributed by atoms with Crippen molar-refractivity contribution < 1.29 is 32.3 Å². The molecule has 1 fully saturated rings.